The number of likely N-dealkylation sites (tertiary alicyclic amines) is 1. The molecule has 2 aromatic carbocycles. The first kappa shape index (κ1) is 47.4. The number of halogens is 6. The second kappa shape index (κ2) is 20.5. The molecule has 1 N–H and O–H groups in total. The van der Waals surface area contributed by atoms with Crippen LogP contribution in [0.4, 0.5) is 26.3 Å². The van der Waals surface area contributed by atoms with Crippen LogP contribution in [-0.2, 0) is 45.9 Å². The normalized spacial score (nSPS) is 21.4. The third-order valence-corrected chi connectivity index (χ3v) is 14.0. The van der Waals surface area contributed by atoms with E-state index < -0.39 is 31.3 Å². The summed E-state index contributed by atoms with van der Waals surface area (Å²) in [5.74, 6) is 0.780. The maximum atomic E-state index is 12.6. The van der Waals surface area contributed by atoms with E-state index in [0.717, 1.165) is 126 Å². The zero-order valence-electron chi connectivity index (χ0n) is 34.3. The smallest absolute Gasteiger partial charge is 0.376 e. The van der Waals surface area contributed by atoms with Crippen LogP contribution in [0.3, 0.4) is 0 Å². The van der Waals surface area contributed by atoms with E-state index in [1.165, 1.54) is 37.1 Å². The number of nitrogens with zero attached hydrogens (tertiary/aromatic N) is 3. The van der Waals surface area contributed by atoms with Gasteiger partial charge in [0.2, 0.25) is 0 Å². The van der Waals surface area contributed by atoms with E-state index >= 15 is 0 Å². The minimum atomic E-state index is -5.65. The Kier molecular flexibility index (Phi) is 16.5. The summed E-state index contributed by atoms with van der Waals surface area (Å²) in [6.45, 7) is 12.7. The van der Waals surface area contributed by atoms with Crippen molar-refractivity contribution in [1.82, 2.24) is 20.0 Å². The second-order valence-corrected chi connectivity index (χ2v) is 19.6. The van der Waals surface area contributed by atoms with Crippen molar-refractivity contribution in [2.75, 3.05) is 59.4 Å². The Bertz CT molecular complexity index is 1880. The molecule has 0 amide bonds. The van der Waals surface area contributed by atoms with Gasteiger partial charge in [-0.05, 0) is 182 Å². The van der Waals surface area contributed by atoms with Gasteiger partial charge in [0.25, 0.3) is 0 Å². The summed E-state index contributed by atoms with van der Waals surface area (Å²) >= 11 is 0. The van der Waals surface area contributed by atoms with Crippen molar-refractivity contribution in [2.24, 2.45) is 11.8 Å². The molecule has 10 nitrogen and oxygen atoms in total. The SMILES string of the molecule is CCCN(CC1CCN(C)CC1)C1CCc2ccc(OS(=O)(=O)C(F)(F)F)cc2C1.CCCN(CC1CCNCC1)C1CCc2ccc(OS(=O)(=O)C(F)(F)F)cc2C1. The van der Waals surface area contributed by atoms with E-state index in [-0.39, 0.29) is 11.5 Å². The summed E-state index contributed by atoms with van der Waals surface area (Å²) in [4.78, 5) is 7.39. The molecule has 0 aromatic heterocycles. The molecule has 59 heavy (non-hydrogen) atoms. The van der Waals surface area contributed by atoms with Crippen LogP contribution in [0.15, 0.2) is 36.4 Å². The summed E-state index contributed by atoms with van der Waals surface area (Å²) in [5, 5.41) is 3.39. The van der Waals surface area contributed by atoms with Gasteiger partial charge in [-0.2, -0.15) is 43.2 Å². The van der Waals surface area contributed by atoms with Crippen LogP contribution in [-0.4, -0.2) is 114 Å². The molecule has 334 valence electrons. The van der Waals surface area contributed by atoms with Crippen LogP contribution >= 0.6 is 0 Å². The average molecular weight is 883 g/mol. The van der Waals surface area contributed by atoms with E-state index in [9.17, 15) is 43.2 Å². The summed E-state index contributed by atoms with van der Waals surface area (Å²) < 4.78 is 130. The van der Waals surface area contributed by atoms with Crippen LogP contribution in [0.25, 0.3) is 0 Å². The molecule has 0 radical (unpaired) electrons. The van der Waals surface area contributed by atoms with Gasteiger partial charge in [0.05, 0.1) is 0 Å². The Labute approximate surface area is 346 Å². The van der Waals surface area contributed by atoms with Crippen molar-refractivity contribution in [3.63, 3.8) is 0 Å². The molecular formula is C41H60F6N4O6S2. The van der Waals surface area contributed by atoms with Crippen LogP contribution in [0.2, 0.25) is 0 Å². The molecule has 4 aliphatic rings. The summed E-state index contributed by atoms with van der Waals surface area (Å²) in [6, 6.07) is 9.53. The number of piperidine rings is 2. The third-order valence-electron chi connectivity index (χ3n) is 12.1. The van der Waals surface area contributed by atoms with Gasteiger partial charge < -0.3 is 18.6 Å². The average Bonchev–Trinajstić information content (AvgIpc) is 3.17. The fraction of sp³-hybridized carbons (Fsp3) is 0.707. The third kappa shape index (κ3) is 13.2. The molecule has 0 spiro atoms. The lowest BCUT2D eigenvalue weighted by molar-refractivity contribution is -0.0504. The first-order chi connectivity index (χ1) is 27.8. The topological polar surface area (TPSA) is 108 Å². The fourth-order valence-electron chi connectivity index (χ4n) is 8.90. The number of nitrogens with one attached hydrogen (secondary N) is 1. The van der Waals surface area contributed by atoms with Crippen molar-refractivity contribution in [1.29, 1.82) is 0 Å². The molecule has 2 saturated heterocycles. The molecule has 2 unspecified atom stereocenters. The molecule has 6 rings (SSSR count). The highest BCUT2D eigenvalue weighted by Crippen LogP contribution is 2.34. The fourth-order valence-corrected chi connectivity index (χ4v) is 9.80. The lowest BCUT2D eigenvalue weighted by Gasteiger charge is -2.39. The lowest BCUT2D eigenvalue weighted by atomic mass is 9.86. The highest BCUT2D eigenvalue weighted by molar-refractivity contribution is 7.88. The highest BCUT2D eigenvalue weighted by Gasteiger charge is 2.49. The number of hydrogen-bond donors (Lipinski definition) is 1. The van der Waals surface area contributed by atoms with Crippen molar-refractivity contribution in [2.45, 2.75) is 114 Å². The van der Waals surface area contributed by atoms with Crippen LogP contribution in [0.1, 0.15) is 87.5 Å². The quantitative estimate of drug-likeness (QED) is 0.118. The predicted octanol–water partition coefficient (Wildman–Crippen LogP) is 7.31. The van der Waals surface area contributed by atoms with E-state index in [1.54, 1.807) is 12.1 Å². The Morgan fingerprint density at radius 3 is 1.44 bits per heavy atom. The van der Waals surface area contributed by atoms with Gasteiger partial charge in [-0.3, -0.25) is 9.80 Å². The van der Waals surface area contributed by atoms with Gasteiger partial charge in [-0.25, -0.2) is 0 Å². The largest absolute Gasteiger partial charge is 0.534 e. The molecule has 2 fully saturated rings. The predicted molar refractivity (Wildman–Crippen MR) is 215 cm³/mol. The number of hydrogen-bond acceptors (Lipinski definition) is 10. The maximum Gasteiger partial charge on any atom is 0.534 e. The summed E-state index contributed by atoms with van der Waals surface area (Å²) in [5.41, 5.74) is -7.00. The first-order valence-corrected chi connectivity index (χ1v) is 23.7. The standard InChI is InChI=1S/C21H31F3N2O3S.C20H29F3N2O3S/c1-3-10-26(15-16-8-11-25(2)12-9-16)19-6-4-17-5-7-20(14-18(17)13-19)29-30(27,28)21(22,23)24;1-2-11-25(14-15-7-9-24-10-8-15)18-5-3-16-4-6-19(13-17(16)12-18)28-29(26,27)20(21,22)23/h5,7,14,16,19H,3-4,6,8-13,15H2,1-2H3;4,6,13,15,18,24H,2-3,5,7-12,14H2,1H3. The van der Waals surface area contributed by atoms with E-state index in [1.807, 2.05) is 0 Å². The van der Waals surface area contributed by atoms with Crippen molar-refractivity contribution in [3.05, 3.63) is 58.7 Å². The number of aryl methyl sites for hydroxylation is 2. The minimum absolute atomic E-state index is 0.274. The number of rotatable bonds is 14. The van der Waals surface area contributed by atoms with E-state index in [2.05, 4.69) is 49.3 Å². The van der Waals surface area contributed by atoms with Gasteiger partial charge in [-0.15, -0.1) is 0 Å². The zero-order chi connectivity index (χ0) is 43.0. The summed E-state index contributed by atoms with van der Waals surface area (Å²) in [7, 11) is -9.16. The maximum absolute atomic E-state index is 12.6. The van der Waals surface area contributed by atoms with Crippen LogP contribution in [0, 0.1) is 11.8 Å². The molecule has 0 saturated carbocycles. The molecule has 2 aliphatic heterocycles. The Morgan fingerprint density at radius 2 is 1.05 bits per heavy atom. The van der Waals surface area contributed by atoms with Gasteiger partial charge in [0.1, 0.15) is 11.5 Å². The number of alkyl halides is 6. The summed E-state index contributed by atoms with van der Waals surface area (Å²) in [6.07, 6.45) is 11.9. The van der Waals surface area contributed by atoms with Crippen molar-refractivity contribution < 1.29 is 51.5 Å². The van der Waals surface area contributed by atoms with Crippen LogP contribution in [0.5, 0.6) is 11.5 Å². The Hall–Kier alpha value is -2.64. The van der Waals surface area contributed by atoms with E-state index in [4.69, 9.17) is 0 Å². The van der Waals surface area contributed by atoms with Gasteiger partial charge in [-0.1, -0.05) is 26.0 Å². The van der Waals surface area contributed by atoms with Crippen molar-refractivity contribution in [3.8, 4) is 11.5 Å². The van der Waals surface area contributed by atoms with Crippen LogP contribution < -0.4 is 13.7 Å². The molecule has 0 bridgehead atoms. The molecule has 18 heteroatoms. The Balaban J connectivity index is 0.000000224. The molecule has 2 aromatic rings. The zero-order valence-corrected chi connectivity index (χ0v) is 35.9. The molecule has 2 heterocycles. The second-order valence-electron chi connectivity index (χ2n) is 16.6. The minimum Gasteiger partial charge on any atom is -0.376 e. The Morgan fingerprint density at radius 1 is 0.644 bits per heavy atom. The van der Waals surface area contributed by atoms with Gasteiger partial charge >= 0.3 is 31.3 Å². The van der Waals surface area contributed by atoms with Gasteiger partial charge in [0, 0.05) is 25.2 Å². The van der Waals surface area contributed by atoms with Crippen molar-refractivity contribution >= 4 is 20.2 Å². The highest BCUT2D eigenvalue weighted by atomic mass is 32.2. The molecular weight excluding hydrogens is 823 g/mol. The van der Waals surface area contributed by atoms with Gasteiger partial charge in [0.15, 0.2) is 0 Å². The lowest BCUT2D eigenvalue weighted by Crippen LogP contribution is -2.44. The molecule has 2 atom stereocenters. The molecule has 2 aliphatic carbocycles. The number of fused-ring (bicyclic) bond motifs is 2. The van der Waals surface area contributed by atoms with E-state index in [0.29, 0.717) is 36.8 Å². The monoisotopic (exact) mass is 882 g/mol. The number of benzene rings is 2. The first-order valence-electron chi connectivity index (χ1n) is 20.9.